The van der Waals surface area contributed by atoms with Gasteiger partial charge in [-0.1, -0.05) is 18.2 Å². The predicted octanol–water partition coefficient (Wildman–Crippen LogP) is 2.88. The highest BCUT2D eigenvalue weighted by Gasteiger charge is 2.16. The van der Waals surface area contributed by atoms with E-state index in [9.17, 15) is 19.1 Å². The van der Waals surface area contributed by atoms with Gasteiger partial charge in [-0.05, 0) is 35.2 Å². The van der Waals surface area contributed by atoms with Crippen LogP contribution < -0.4 is 10.9 Å². The van der Waals surface area contributed by atoms with Gasteiger partial charge in [0.2, 0.25) is 0 Å². The highest BCUT2D eigenvalue weighted by molar-refractivity contribution is 7.13. The molecule has 0 fully saturated rings. The maximum atomic E-state index is 12.9. The predicted molar refractivity (Wildman–Crippen MR) is 89.6 cm³/mol. The van der Waals surface area contributed by atoms with Gasteiger partial charge in [-0.25, -0.2) is 4.39 Å². The quantitative estimate of drug-likeness (QED) is 0.681. The van der Waals surface area contributed by atoms with Crippen LogP contribution in [0.3, 0.4) is 0 Å². The van der Waals surface area contributed by atoms with Crippen molar-refractivity contribution in [1.82, 2.24) is 10.3 Å². The van der Waals surface area contributed by atoms with Gasteiger partial charge in [0.1, 0.15) is 5.82 Å². The van der Waals surface area contributed by atoms with Crippen molar-refractivity contribution in [3.8, 4) is 16.3 Å². The molecule has 0 saturated heterocycles. The van der Waals surface area contributed by atoms with Crippen LogP contribution in [0.2, 0.25) is 0 Å². The van der Waals surface area contributed by atoms with Crippen LogP contribution in [0.1, 0.15) is 15.9 Å². The SMILES string of the molecule is O=C(NCc1ccc(F)cc1)c1cc(-c2cccs2)[nH]c(=O)c1O. The molecule has 0 aliphatic carbocycles. The van der Waals surface area contributed by atoms with Crippen molar-refractivity contribution < 1.29 is 14.3 Å². The lowest BCUT2D eigenvalue weighted by Crippen LogP contribution is -2.25. The molecule has 0 aliphatic rings. The fourth-order valence-electron chi connectivity index (χ4n) is 2.17. The van der Waals surface area contributed by atoms with E-state index in [-0.39, 0.29) is 17.9 Å². The number of aromatic amines is 1. The molecule has 7 heteroatoms. The second-order valence-corrected chi connectivity index (χ2v) is 6.01. The summed E-state index contributed by atoms with van der Waals surface area (Å²) in [6.07, 6.45) is 0. The van der Waals surface area contributed by atoms with E-state index in [4.69, 9.17) is 0 Å². The van der Waals surface area contributed by atoms with E-state index in [1.165, 1.54) is 29.5 Å². The lowest BCUT2D eigenvalue weighted by molar-refractivity contribution is 0.0948. The minimum atomic E-state index is -0.729. The first kappa shape index (κ1) is 15.9. The number of aromatic hydroxyl groups is 1. The van der Waals surface area contributed by atoms with Gasteiger partial charge >= 0.3 is 0 Å². The Morgan fingerprint density at radius 2 is 2.00 bits per heavy atom. The molecule has 0 unspecified atom stereocenters. The number of halogens is 1. The van der Waals surface area contributed by atoms with Crippen LogP contribution in [0.5, 0.6) is 5.75 Å². The number of hydrogen-bond donors (Lipinski definition) is 3. The molecule has 2 aromatic heterocycles. The second kappa shape index (κ2) is 6.67. The number of carbonyl (C=O) groups is 1. The Morgan fingerprint density at radius 3 is 2.67 bits per heavy atom. The molecule has 122 valence electrons. The first-order valence-corrected chi connectivity index (χ1v) is 7.95. The van der Waals surface area contributed by atoms with Crippen molar-refractivity contribution in [2.24, 2.45) is 0 Å². The van der Waals surface area contributed by atoms with Crippen molar-refractivity contribution in [2.75, 3.05) is 0 Å². The van der Waals surface area contributed by atoms with Crippen LogP contribution in [-0.2, 0) is 6.54 Å². The molecule has 0 saturated carbocycles. The van der Waals surface area contributed by atoms with Gasteiger partial charge in [0.05, 0.1) is 16.1 Å². The van der Waals surface area contributed by atoms with E-state index in [2.05, 4.69) is 10.3 Å². The summed E-state index contributed by atoms with van der Waals surface area (Å²) in [6, 6.07) is 10.7. The minimum absolute atomic E-state index is 0.107. The lowest BCUT2D eigenvalue weighted by Gasteiger charge is -2.08. The zero-order valence-electron chi connectivity index (χ0n) is 12.4. The number of hydrogen-bond acceptors (Lipinski definition) is 4. The van der Waals surface area contributed by atoms with Crippen molar-refractivity contribution in [3.05, 3.63) is 75.1 Å². The summed E-state index contributed by atoms with van der Waals surface area (Å²) in [5, 5.41) is 14.3. The summed E-state index contributed by atoms with van der Waals surface area (Å²) in [4.78, 5) is 27.4. The maximum absolute atomic E-state index is 12.9. The largest absolute Gasteiger partial charge is 0.502 e. The van der Waals surface area contributed by atoms with Gasteiger partial charge in [-0.15, -0.1) is 11.3 Å². The van der Waals surface area contributed by atoms with Gasteiger partial charge in [-0.3, -0.25) is 9.59 Å². The summed E-state index contributed by atoms with van der Waals surface area (Å²) >= 11 is 1.40. The average Bonchev–Trinajstić information content (AvgIpc) is 3.11. The molecule has 0 bridgehead atoms. The number of benzene rings is 1. The Balaban J connectivity index is 1.83. The van der Waals surface area contributed by atoms with Gasteiger partial charge in [0.15, 0.2) is 5.75 Å². The van der Waals surface area contributed by atoms with Crippen LogP contribution >= 0.6 is 11.3 Å². The highest BCUT2D eigenvalue weighted by atomic mass is 32.1. The molecule has 3 aromatic rings. The van der Waals surface area contributed by atoms with Crippen LogP contribution in [-0.4, -0.2) is 16.0 Å². The number of aromatic nitrogens is 1. The molecule has 0 radical (unpaired) electrons. The molecular weight excluding hydrogens is 331 g/mol. The Hall–Kier alpha value is -2.93. The first-order valence-electron chi connectivity index (χ1n) is 7.07. The third kappa shape index (κ3) is 3.36. The van der Waals surface area contributed by atoms with E-state index in [1.807, 2.05) is 11.4 Å². The third-order valence-corrected chi connectivity index (χ3v) is 4.31. The fourth-order valence-corrected chi connectivity index (χ4v) is 2.87. The number of nitrogens with one attached hydrogen (secondary N) is 2. The molecule has 1 amide bonds. The van der Waals surface area contributed by atoms with Gasteiger partial charge in [0, 0.05) is 6.54 Å². The standard InChI is InChI=1S/C17H13FN2O3S/c18-11-5-3-10(4-6-11)9-19-16(22)12-8-13(14-2-1-7-24-14)20-17(23)15(12)21/h1-8,21H,9H2,(H,19,22)(H,20,23). The summed E-state index contributed by atoms with van der Waals surface area (Å²) in [7, 11) is 0. The van der Waals surface area contributed by atoms with Crippen LogP contribution in [0.15, 0.2) is 52.6 Å². The highest BCUT2D eigenvalue weighted by Crippen LogP contribution is 2.24. The molecule has 24 heavy (non-hydrogen) atoms. The summed E-state index contributed by atoms with van der Waals surface area (Å²) in [5.41, 5.74) is 0.324. The molecule has 5 nitrogen and oxygen atoms in total. The Kier molecular flexibility index (Phi) is 4.43. The molecular formula is C17H13FN2O3S. The van der Waals surface area contributed by atoms with Crippen molar-refractivity contribution in [3.63, 3.8) is 0 Å². The molecule has 3 N–H and O–H groups in total. The number of carbonyl (C=O) groups excluding carboxylic acids is 1. The van der Waals surface area contributed by atoms with E-state index in [0.717, 1.165) is 4.88 Å². The summed E-state index contributed by atoms with van der Waals surface area (Å²) in [5.74, 6) is -1.58. The van der Waals surface area contributed by atoms with E-state index in [1.54, 1.807) is 18.2 Å². The number of rotatable bonds is 4. The lowest BCUT2D eigenvalue weighted by atomic mass is 10.1. The monoisotopic (exact) mass is 344 g/mol. The van der Waals surface area contributed by atoms with Crippen LogP contribution in [0.25, 0.3) is 10.6 Å². The minimum Gasteiger partial charge on any atom is -0.502 e. The molecule has 3 rings (SSSR count). The van der Waals surface area contributed by atoms with Crippen molar-refractivity contribution in [1.29, 1.82) is 0 Å². The Bertz CT molecular complexity index is 918. The summed E-state index contributed by atoms with van der Waals surface area (Å²) < 4.78 is 12.9. The summed E-state index contributed by atoms with van der Waals surface area (Å²) in [6.45, 7) is 0.152. The molecule has 0 atom stereocenters. The second-order valence-electron chi connectivity index (χ2n) is 5.06. The fraction of sp³-hybridized carbons (Fsp3) is 0.0588. The number of H-pyrrole nitrogens is 1. The molecule has 0 aliphatic heterocycles. The zero-order valence-corrected chi connectivity index (χ0v) is 13.2. The maximum Gasteiger partial charge on any atom is 0.291 e. The number of pyridine rings is 1. The van der Waals surface area contributed by atoms with Crippen LogP contribution in [0.4, 0.5) is 4.39 Å². The molecule has 1 aromatic carbocycles. The third-order valence-electron chi connectivity index (χ3n) is 3.40. The van der Waals surface area contributed by atoms with E-state index >= 15 is 0 Å². The first-order chi connectivity index (χ1) is 11.5. The Labute approximate surface area is 140 Å². The van der Waals surface area contributed by atoms with E-state index in [0.29, 0.717) is 11.3 Å². The topological polar surface area (TPSA) is 82.2 Å². The number of amides is 1. The van der Waals surface area contributed by atoms with Crippen molar-refractivity contribution in [2.45, 2.75) is 6.54 Å². The normalized spacial score (nSPS) is 10.5. The zero-order chi connectivity index (χ0) is 17.1. The van der Waals surface area contributed by atoms with Gasteiger partial charge in [-0.2, -0.15) is 0 Å². The smallest absolute Gasteiger partial charge is 0.291 e. The van der Waals surface area contributed by atoms with Crippen LogP contribution in [0, 0.1) is 5.82 Å². The van der Waals surface area contributed by atoms with E-state index < -0.39 is 17.2 Å². The number of thiophene rings is 1. The van der Waals surface area contributed by atoms with Crippen molar-refractivity contribution >= 4 is 17.2 Å². The Morgan fingerprint density at radius 1 is 1.25 bits per heavy atom. The van der Waals surface area contributed by atoms with Gasteiger partial charge < -0.3 is 15.4 Å². The molecule has 0 spiro atoms. The average molecular weight is 344 g/mol. The van der Waals surface area contributed by atoms with Gasteiger partial charge in [0.25, 0.3) is 11.5 Å². The molecule has 2 heterocycles.